The molecule has 0 saturated heterocycles. The van der Waals surface area contributed by atoms with Gasteiger partial charge in [0.15, 0.2) is 5.16 Å². The van der Waals surface area contributed by atoms with Gasteiger partial charge in [-0.3, -0.25) is 9.59 Å². The highest BCUT2D eigenvalue weighted by Crippen LogP contribution is 2.29. The van der Waals surface area contributed by atoms with Crippen molar-refractivity contribution in [1.82, 2.24) is 14.8 Å². The van der Waals surface area contributed by atoms with Crippen LogP contribution in [0.15, 0.2) is 41.6 Å². The number of para-hydroxylation sites is 1. The fourth-order valence-corrected chi connectivity index (χ4v) is 3.96. The molecule has 162 valence electrons. The molecule has 1 heterocycles. The van der Waals surface area contributed by atoms with Gasteiger partial charge in [-0.2, -0.15) is 0 Å². The molecule has 3 rings (SSSR count). The van der Waals surface area contributed by atoms with Crippen molar-refractivity contribution < 1.29 is 9.59 Å². The summed E-state index contributed by atoms with van der Waals surface area (Å²) in [6.45, 7) is 3.90. The molecule has 2 N–H and O–H groups in total. The number of carbonyl (C=O) groups is 2. The Morgan fingerprint density at radius 2 is 1.68 bits per heavy atom. The number of hydrogen-bond acceptors (Lipinski definition) is 5. The number of halogens is 2. The zero-order valence-corrected chi connectivity index (χ0v) is 19.5. The SMILES string of the molecule is Cc1cccc(C)c1NC(=O)CSc1nnc(CC(=O)Nc2cccc(Cl)c2Cl)n1C. The van der Waals surface area contributed by atoms with Crippen LogP contribution in [0, 0.1) is 13.8 Å². The van der Waals surface area contributed by atoms with Gasteiger partial charge >= 0.3 is 0 Å². The van der Waals surface area contributed by atoms with Crippen molar-refractivity contribution in [3.8, 4) is 0 Å². The van der Waals surface area contributed by atoms with E-state index in [1.807, 2.05) is 32.0 Å². The Morgan fingerprint density at radius 1 is 1.00 bits per heavy atom. The maximum absolute atomic E-state index is 12.4. The Bertz CT molecular complexity index is 1110. The van der Waals surface area contributed by atoms with Gasteiger partial charge in [-0.15, -0.1) is 10.2 Å². The van der Waals surface area contributed by atoms with Crippen molar-refractivity contribution in [2.75, 3.05) is 16.4 Å². The van der Waals surface area contributed by atoms with E-state index < -0.39 is 0 Å². The Labute approximate surface area is 194 Å². The Morgan fingerprint density at radius 3 is 2.39 bits per heavy atom. The van der Waals surface area contributed by atoms with Crippen molar-refractivity contribution in [3.63, 3.8) is 0 Å². The molecule has 0 radical (unpaired) electrons. The normalized spacial score (nSPS) is 10.7. The van der Waals surface area contributed by atoms with E-state index in [1.165, 1.54) is 11.8 Å². The van der Waals surface area contributed by atoms with Crippen molar-refractivity contribution >= 4 is 58.2 Å². The fraction of sp³-hybridized carbons (Fsp3) is 0.238. The van der Waals surface area contributed by atoms with E-state index in [0.29, 0.717) is 21.7 Å². The molecule has 0 saturated carbocycles. The van der Waals surface area contributed by atoms with Gasteiger partial charge in [0.1, 0.15) is 5.82 Å². The van der Waals surface area contributed by atoms with Crippen molar-refractivity contribution in [2.24, 2.45) is 7.05 Å². The lowest BCUT2D eigenvalue weighted by Gasteiger charge is -2.11. The number of aryl methyl sites for hydroxylation is 2. The first-order valence-electron chi connectivity index (χ1n) is 9.37. The average Bonchev–Trinajstić information content (AvgIpc) is 3.06. The first kappa shape index (κ1) is 23.1. The minimum absolute atomic E-state index is 0.00149. The van der Waals surface area contributed by atoms with E-state index in [1.54, 1.807) is 29.8 Å². The minimum atomic E-state index is -0.302. The number of rotatable bonds is 7. The Balaban J connectivity index is 1.58. The lowest BCUT2D eigenvalue weighted by atomic mass is 10.1. The van der Waals surface area contributed by atoms with Gasteiger partial charge in [0.25, 0.3) is 0 Å². The summed E-state index contributed by atoms with van der Waals surface area (Å²) in [5, 5.41) is 15.0. The van der Waals surface area contributed by atoms with Crippen LogP contribution in [0.5, 0.6) is 0 Å². The summed E-state index contributed by atoms with van der Waals surface area (Å²) < 4.78 is 1.69. The van der Waals surface area contributed by atoms with E-state index >= 15 is 0 Å². The molecule has 0 unspecified atom stereocenters. The highest BCUT2D eigenvalue weighted by Gasteiger charge is 2.16. The third-order valence-corrected chi connectivity index (χ3v) is 6.39. The van der Waals surface area contributed by atoms with Gasteiger partial charge in [0.2, 0.25) is 11.8 Å². The summed E-state index contributed by atoms with van der Waals surface area (Å²) >= 11 is 13.3. The standard InChI is InChI=1S/C21H21Cl2N5O2S/c1-12-6-4-7-13(2)20(12)25-18(30)11-31-21-27-26-16(28(21)3)10-17(29)24-15-9-5-8-14(22)19(15)23/h4-9H,10-11H2,1-3H3,(H,24,29)(H,25,30). The number of benzene rings is 2. The number of carbonyl (C=O) groups excluding carboxylic acids is 2. The summed E-state index contributed by atoms with van der Waals surface area (Å²) in [6, 6.07) is 10.9. The molecule has 2 amide bonds. The van der Waals surface area contributed by atoms with E-state index in [4.69, 9.17) is 23.2 Å². The van der Waals surface area contributed by atoms with Crippen molar-refractivity contribution in [3.05, 3.63) is 63.4 Å². The number of aromatic nitrogens is 3. The lowest BCUT2D eigenvalue weighted by Crippen LogP contribution is -2.18. The summed E-state index contributed by atoms with van der Waals surface area (Å²) in [4.78, 5) is 24.7. The number of hydrogen-bond donors (Lipinski definition) is 2. The van der Waals surface area contributed by atoms with Gasteiger partial charge in [-0.05, 0) is 37.1 Å². The first-order chi connectivity index (χ1) is 14.8. The molecule has 31 heavy (non-hydrogen) atoms. The van der Waals surface area contributed by atoms with Crippen LogP contribution in [0.3, 0.4) is 0 Å². The van der Waals surface area contributed by atoms with E-state index in [9.17, 15) is 9.59 Å². The summed E-state index contributed by atoms with van der Waals surface area (Å²) in [6.07, 6.45) is 0.00149. The van der Waals surface area contributed by atoms with Gasteiger partial charge in [-0.25, -0.2) is 0 Å². The smallest absolute Gasteiger partial charge is 0.234 e. The van der Waals surface area contributed by atoms with Crippen LogP contribution in [0.2, 0.25) is 10.0 Å². The molecule has 0 spiro atoms. The molecule has 10 heteroatoms. The zero-order valence-electron chi connectivity index (χ0n) is 17.2. The van der Waals surface area contributed by atoms with Crippen LogP contribution in [0.25, 0.3) is 0 Å². The van der Waals surface area contributed by atoms with Crippen LogP contribution < -0.4 is 10.6 Å². The number of nitrogens with zero attached hydrogens (tertiary/aromatic N) is 3. The zero-order chi connectivity index (χ0) is 22.5. The molecule has 7 nitrogen and oxygen atoms in total. The highest BCUT2D eigenvalue weighted by atomic mass is 35.5. The summed E-state index contributed by atoms with van der Waals surface area (Å²) in [5.41, 5.74) is 3.26. The monoisotopic (exact) mass is 477 g/mol. The molecule has 0 aliphatic heterocycles. The molecular formula is C21H21Cl2N5O2S. The second-order valence-corrected chi connectivity index (χ2v) is 8.62. The third kappa shape index (κ3) is 5.78. The lowest BCUT2D eigenvalue weighted by molar-refractivity contribution is -0.116. The van der Waals surface area contributed by atoms with Crippen LogP contribution in [-0.2, 0) is 23.1 Å². The average molecular weight is 478 g/mol. The molecule has 2 aromatic carbocycles. The van der Waals surface area contributed by atoms with Gasteiger partial charge in [0, 0.05) is 12.7 Å². The summed E-state index contributed by atoms with van der Waals surface area (Å²) in [5.74, 6) is 0.196. The number of amides is 2. The minimum Gasteiger partial charge on any atom is -0.325 e. The molecule has 0 aliphatic rings. The molecule has 0 aliphatic carbocycles. The maximum atomic E-state index is 12.4. The van der Waals surface area contributed by atoms with E-state index in [2.05, 4.69) is 20.8 Å². The van der Waals surface area contributed by atoms with Crippen LogP contribution in [0.1, 0.15) is 17.0 Å². The van der Waals surface area contributed by atoms with Crippen LogP contribution in [-0.4, -0.2) is 32.3 Å². The van der Waals surface area contributed by atoms with E-state index in [-0.39, 0.29) is 29.0 Å². The van der Waals surface area contributed by atoms with Crippen LogP contribution in [0.4, 0.5) is 11.4 Å². The molecular weight excluding hydrogens is 457 g/mol. The number of nitrogens with one attached hydrogen (secondary N) is 2. The topological polar surface area (TPSA) is 88.9 Å². The summed E-state index contributed by atoms with van der Waals surface area (Å²) in [7, 11) is 1.75. The third-order valence-electron chi connectivity index (χ3n) is 4.55. The first-order valence-corrected chi connectivity index (χ1v) is 11.1. The Kier molecular flexibility index (Phi) is 7.59. The van der Waals surface area contributed by atoms with Gasteiger partial charge in [0.05, 0.1) is 27.9 Å². The van der Waals surface area contributed by atoms with Crippen LogP contribution >= 0.6 is 35.0 Å². The largest absolute Gasteiger partial charge is 0.325 e. The predicted molar refractivity (Wildman–Crippen MR) is 125 cm³/mol. The van der Waals surface area contributed by atoms with Gasteiger partial charge in [-0.1, -0.05) is 59.2 Å². The maximum Gasteiger partial charge on any atom is 0.234 e. The number of thioether (sulfide) groups is 1. The highest BCUT2D eigenvalue weighted by molar-refractivity contribution is 7.99. The van der Waals surface area contributed by atoms with Gasteiger partial charge < -0.3 is 15.2 Å². The predicted octanol–water partition coefficient (Wildman–Crippen LogP) is 4.65. The molecule has 0 fully saturated rings. The van der Waals surface area contributed by atoms with E-state index in [0.717, 1.165) is 16.8 Å². The van der Waals surface area contributed by atoms with Crippen molar-refractivity contribution in [1.29, 1.82) is 0 Å². The second kappa shape index (κ2) is 10.2. The molecule has 3 aromatic rings. The fourth-order valence-electron chi connectivity index (χ4n) is 2.88. The quantitative estimate of drug-likeness (QED) is 0.483. The molecule has 1 aromatic heterocycles. The Hall–Kier alpha value is -2.55. The molecule has 0 atom stereocenters. The van der Waals surface area contributed by atoms with Crippen molar-refractivity contribution in [2.45, 2.75) is 25.4 Å². The second-order valence-electron chi connectivity index (χ2n) is 6.89. The molecule has 0 bridgehead atoms. The number of anilines is 2.